The van der Waals surface area contributed by atoms with E-state index in [0.29, 0.717) is 30.4 Å². The molecule has 7 nitrogen and oxygen atoms in total. The fourth-order valence-electron chi connectivity index (χ4n) is 3.54. The zero-order valence-corrected chi connectivity index (χ0v) is 16.7. The van der Waals surface area contributed by atoms with Gasteiger partial charge in [-0.2, -0.15) is 9.50 Å². The van der Waals surface area contributed by atoms with E-state index in [4.69, 9.17) is 4.74 Å². The van der Waals surface area contributed by atoms with E-state index in [-0.39, 0.29) is 5.97 Å². The van der Waals surface area contributed by atoms with Crippen molar-refractivity contribution in [3.8, 4) is 5.95 Å². The van der Waals surface area contributed by atoms with Gasteiger partial charge < -0.3 is 4.74 Å². The lowest BCUT2D eigenvalue weighted by Gasteiger charge is -2.16. The van der Waals surface area contributed by atoms with E-state index in [0.717, 1.165) is 17.0 Å². The van der Waals surface area contributed by atoms with Crippen LogP contribution in [-0.2, 0) is 16.0 Å². The van der Waals surface area contributed by atoms with Gasteiger partial charge in [0.25, 0.3) is 11.7 Å². The Hall–Kier alpha value is -3.48. The van der Waals surface area contributed by atoms with Gasteiger partial charge >= 0.3 is 5.97 Å². The summed E-state index contributed by atoms with van der Waals surface area (Å²) in [7, 11) is 0. The second kappa shape index (κ2) is 7.87. The van der Waals surface area contributed by atoms with Crippen molar-refractivity contribution in [2.75, 3.05) is 6.61 Å². The highest BCUT2D eigenvalue weighted by Crippen LogP contribution is 2.24. The molecule has 0 N–H and O–H groups in total. The summed E-state index contributed by atoms with van der Waals surface area (Å²) < 4.78 is 8.99. The van der Waals surface area contributed by atoms with Crippen molar-refractivity contribution in [1.82, 2.24) is 24.1 Å². The van der Waals surface area contributed by atoms with Gasteiger partial charge in [-0.1, -0.05) is 30.3 Å². The molecule has 148 valence electrons. The van der Waals surface area contributed by atoms with Crippen molar-refractivity contribution < 1.29 is 9.53 Å². The predicted molar refractivity (Wildman–Crippen MR) is 109 cm³/mol. The largest absolute Gasteiger partial charge is 0.465 e. The lowest BCUT2D eigenvalue weighted by atomic mass is 9.96. The van der Waals surface area contributed by atoms with Crippen molar-refractivity contribution >= 4 is 11.7 Å². The Balaban J connectivity index is 1.82. The third-order valence-electron chi connectivity index (χ3n) is 4.94. The summed E-state index contributed by atoms with van der Waals surface area (Å²) >= 11 is 0. The number of fused-ring (bicyclic) bond motifs is 1. The average Bonchev–Trinajstić information content (AvgIpc) is 3.29. The van der Waals surface area contributed by atoms with Gasteiger partial charge in [0.1, 0.15) is 5.92 Å². The lowest BCUT2D eigenvalue weighted by Crippen LogP contribution is -2.21. The Morgan fingerprint density at radius 2 is 1.79 bits per heavy atom. The number of nitrogens with zero attached hydrogens (tertiary/aromatic N) is 5. The summed E-state index contributed by atoms with van der Waals surface area (Å²) in [4.78, 5) is 21.8. The standard InChI is InChI=1S/C22H23N5O2/c1-4-29-20(28)18(14-17-8-6-5-7-9-17)19-12-13-23-21-24-22(25-27(19)21)26-15(2)10-11-16(26)3/h5-13,18H,4,14H2,1-3H3/t18-/m0/s1. The summed E-state index contributed by atoms with van der Waals surface area (Å²) in [6.45, 7) is 6.14. The zero-order chi connectivity index (χ0) is 20.4. The molecular formula is C22H23N5O2. The first-order valence-corrected chi connectivity index (χ1v) is 9.66. The van der Waals surface area contributed by atoms with Crippen molar-refractivity contribution in [2.24, 2.45) is 0 Å². The second-order valence-corrected chi connectivity index (χ2v) is 6.94. The topological polar surface area (TPSA) is 74.3 Å². The van der Waals surface area contributed by atoms with Gasteiger partial charge in [0.05, 0.1) is 12.3 Å². The Bertz CT molecular complexity index is 1130. The van der Waals surface area contributed by atoms with Crippen LogP contribution in [0.5, 0.6) is 0 Å². The van der Waals surface area contributed by atoms with Crippen LogP contribution < -0.4 is 0 Å². The number of ether oxygens (including phenoxy) is 1. The number of aromatic nitrogens is 5. The molecule has 1 aromatic carbocycles. The fraction of sp³-hybridized carbons (Fsp3) is 0.273. The molecule has 0 amide bonds. The summed E-state index contributed by atoms with van der Waals surface area (Å²) in [5, 5.41) is 4.68. The summed E-state index contributed by atoms with van der Waals surface area (Å²) in [6.07, 6.45) is 2.17. The molecule has 0 radical (unpaired) electrons. The molecule has 4 aromatic rings. The maximum Gasteiger partial charge on any atom is 0.315 e. The number of hydrogen-bond acceptors (Lipinski definition) is 5. The van der Waals surface area contributed by atoms with E-state index in [1.54, 1.807) is 10.7 Å². The van der Waals surface area contributed by atoms with E-state index < -0.39 is 5.92 Å². The fourth-order valence-corrected chi connectivity index (χ4v) is 3.54. The Morgan fingerprint density at radius 3 is 2.48 bits per heavy atom. The monoisotopic (exact) mass is 389 g/mol. The molecule has 0 aliphatic rings. The van der Waals surface area contributed by atoms with Crippen molar-refractivity contribution in [2.45, 2.75) is 33.1 Å². The highest BCUT2D eigenvalue weighted by molar-refractivity contribution is 5.78. The van der Waals surface area contributed by atoms with Crippen LogP contribution in [0.15, 0.2) is 54.7 Å². The minimum atomic E-state index is -0.510. The highest BCUT2D eigenvalue weighted by Gasteiger charge is 2.26. The normalized spacial score (nSPS) is 12.2. The predicted octanol–water partition coefficient (Wildman–Crippen LogP) is 3.42. The SMILES string of the molecule is CCOC(=O)[C@@H](Cc1ccccc1)c1ccnc2nc(-n3c(C)ccc3C)nn12. The minimum absolute atomic E-state index is 0.283. The molecule has 29 heavy (non-hydrogen) atoms. The van der Waals surface area contributed by atoms with Crippen LogP contribution in [0, 0.1) is 13.8 Å². The van der Waals surface area contributed by atoms with Crippen LogP contribution in [-0.4, -0.2) is 36.7 Å². The van der Waals surface area contributed by atoms with E-state index in [9.17, 15) is 4.79 Å². The van der Waals surface area contributed by atoms with Crippen LogP contribution in [0.3, 0.4) is 0 Å². The summed E-state index contributed by atoms with van der Waals surface area (Å²) in [5.41, 5.74) is 3.82. The zero-order valence-electron chi connectivity index (χ0n) is 16.7. The molecule has 3 aromatic heterocycles. The molecule has 3 heterocycles. The molecular weight excluding hydrogens is 366 g/mol. The van der Waals surface area contributed by atoms with Gasteiger partial charge in [-0.25, -0.2) is 4.98 Å². The number of benzene rings is 1. The first kappa shape index (κ1) is 18.9. The van der Waals surface area contributed by atoms with Crippen molar-refractivity contribution in [1.29, 1.82) is 0 Å². The molecule has 1 atom stereocenters. The molecule has 4 rings (SSSR count). The van der Waals surface area contributed by atoms with E-state index >= 15 is 0 Å². The molecule has 0 fully saturated rings. The quantitative estimate of drug-likeness (QED) is 0.473. The third kappa shape index (κ3) is 3.63. The average molecular weight is 389 g/mol. The number of rotatable bonds is 6. The summed E-state index contributed by atoms with van der Waals surface area (Å²) in [6, 6.07) is 15.7. The Kier molecular flexibility index (Phi) is 5.12. The van der Waals surface area contributed by atoms with Gasteiger partial charge in [0.15, 0.2) is 0 Å². The van der Waals surface area contributed by atoms with Gasteiger partial charge in [-0.3, -0.25) is 9.36 Å². The lowest BCUT2D eigenvalue weighted by molar-refractivity contribution is -0.145. The van der Waals surface area contributed by atoms with Crippen LogP contribution in [0.25, 0.3) is 11.7 Å². The second-order valence-electron chi connectivity index (χ2n) is 6.94. The maximum atomic E-state index is 12.8. The number of esters is 1. The molecule has 0 unspecified atom stereocenters. The first-order valence-electron chi connectivity index (χ1n) is 9.66. The van der Waals surface area contributed by atoms with Crippen molar-refractivity contribution in [3.63, 3.8) is 0 Å². The molecule has 7 heteroatoms. The molecule has 0 aliphatic carbocycles. The van der Waals surface area contributed by atoms with Crippen molar-refractivity contribution in [3.05, 3.63) is 77.4 Å². The van der Waals surface area contributed by atoms with Gasteiger partial charge in [-0.05, 0) is 51.0 Å². The van der Waals surface area contributed by atoms with E-state index in [2.05, 4.69) is 15.1 Å². The first-order chi connectivity index (χ1) is 14.1. The number of carbonyl (C=O) groups is 1. The minimum Gasteiger partial charge on any atom is -0.465 e. The van der Waals surface area contributed by atoms with Crippen LogP contribution in [0.4, 0.5) is 0 Å². The number of aryl methyl sites for hydroxylation is 2. The third-order valence-corrected chi connectivity index (χ3v) is 4.94. The summed E-state index contributed by atoms with van der Waals surface area (Å²) in [5.74, 6) is 0.193. The van der Waals surface area contributed by atoms with E-state index in [1.807, 2.05) is 73.9 Å². The van der Waals surface area contributed by atoms with Crippen LogP contribution >= 0.6 is 0 Å². The maximum absolute atomic E-state index is 12.8. The van der Waals surface area contributed by atoms with Crippen LogP contribution in [0.1, 0.15) is 35.5 Å². The van der Waals surface area contributed by atoms with Gasteiger partial charge in [0.2, 0.25) is 0 Å². The van der Waals surface area contributed by atoms with E-state index in [1.165, 1.54) is 0 Å². The Labute approximate surface area is 169 Å². The molecule has 0 saturated carbocycles. The number of hydrogen-bond donors (Lipinski definition) is 0. The number of carbonyl (C=O) groups excluding carboxylic acids is 1. The van der Waals surface area contributed by atoms with Gasteiger partial charge in [-0.15, -0.1) is 5.10 Å². The van der Waals surface area contributed by atoms with Gasteiger partial charge in [0, 0.05) is 17.6 Å². The highest BCUT2D eigenvalue weighted by atomic mass is 16.5. The molecule has 0 saturated heterocycles. The smallest absolute Gasteiger partial charge is 0.315 e. The Morgan fingerprint density at radius 1 is 1.07 bits per heavy atom. The van der Waals surface area contributed by atoms with Crippen LogP contribution in [0.2, 0.25) is 0 Å². The molecule has 0 spiro atoms. The molecule has 0 aliphatic heterocycles. The molecule has 0 bridgehead atoms.